The zero-order valence-corrected chi connectivity index (χ0v) is 22.6. The van der Waals surface area contributed by atoms with Crippen LogP contribution in [0.5, 0.6) is 0 Å². The highest BCUT2D eigenvalue weighted by Crippen LogP contribution is 2.62. The maximum absolute atomic E-state index is 12.4. The third-order valence-corrected chi connectivity index (χ3v) is 11.1. The summed E-state index contributed by atoms with van der Waals surface area (Å²) in [6.45, 7) is 11.7. The number of aliphatic hydroxyl groups excluding tert-OH is 3. The van der Waals surface area contributed by atoms with Crippen molar-refractivity contribution < 1.29 is 29.6 Å². The zero-order valence-electron chi connectivity index (χ0n) is 22.6. The van der Waals surface area contributed by atoms with Crippen molar-refractivity contribution in [1.82, 2.24) is 0 Å². The van der Waals surface area contributed by atoms with Crippen molar-refractivity contribution in [2.75, 3.05) is 6.61 Å². The molecule has 1 saturated heterocycles. The van der Waals surface area contributed by atoms with Crippen LogP contribution in [0.25, 0.3) is 0 Å². The Balaban J connectivity index is 1.43. The lowest BCUT2D eigenvalue weighted by Gasteiger charge is -2.49. The molecule has 6 heteroatoms. The SMILES string of the molecule is C/C1=C2\C[C@H](O[C@@H]3OC[C@@H](O)[C@H](O)[C@H]3O)[C@@H](C)[C@@H]2C/C=C(/C=O)[C@H]2C[C@@]3(C)CC[C@@H](C(C)C)[C@@H]3C[C@H]12. The third kappa shape index (κ3) is 4.35. The summed E-state index contributed by atoms with van der Waals surface area (Å²) in [5.74, 6) is 3.30. The third-order valence-electron chi connectivity index (χ3n) is 11.1. The van der Waals surface area contributed by atoms with Crippen LogP contribution in [0.15, 0.2) is 22.8 Å². The van der Waals surface area contributed by atoms with Crippen LogP contribution >= 0.6 is 0 Å². The van der Waals surface area contributed by atoms with Gasteiger partial charge in [0.15, 0.2) is 6.29 Å². The summed E-state index contributed by atoms with van der Waals surface area (Å²) in [6.07, 6.45) is 5.03. The minimum absolute atomic E-state index is 0.0541. The molecule has 4 aliphatic carbocycles. The summed E-state index contributed by atoms with van der Waals surface area (Å²) in [6, 6.07) is 0. The highest BCUT2D eigenvalue weighted by molar-refractivity contribution is 5.74. The Morgan fingerprint density at radius 3 is 2.61 bits per heavy atom. The van der Waals surface area contributed by atoms with E-state index in [9.17, 15) is 20.1 Å². The Morgan fingerprint density at radius 1 is 1.17 bits per heavy atom. The fraction of sp³-hybridized carbons (Fsp3) is 0.833. The van der Waals surface area contributed by atoms with Crippen LogP contribution in [0.2, 0.25) is 0 Å². The Bertz CT molecular complexity index is 909. The Labute approximate surface area is 216 Å². The van der Waals surface area contributed by atoms with E-state index in [-0.39, 0.29) is 18.6 Å². The van der Waals surface area contributed by atoms with Crippen molar-refractivity contribution >= 4 is 6.29 Å². The van der Waals surface area contributed by atoms with Gasteiger partial charge in [-0.15, -0.1) is 0 Å². The number of carbonyl (C=O) groups is 1. The predicted molar refractivity (Wildman–Crippen MR) is 137 cm³/mol. The second-order valence-electron chi connectivity index (χ2n) is 13.2. The molecule has 0 aromatic rings. The smallest absolute Gasteiger partial charge is 0.186 e. The molecule has 12 atom stereocenters. The lowest BCUT2D eigenvalue weighted by atomic mass is 9.55. The molecular formula is C30H46O6. The zero-order chi connectivity index (χ0) is 25.9. The van der Waals surface area contributed by atoms with Gasteiger partial charge in [-0.05, 0) is 97.9 Å². The molecule has 0 unspecified atom stereocenters. The lowest BCUT2D eigenvalue weighted by molar-refractivity contribution is -0.285. The van der Waals surface area contributed by atoms with Gasteiger partial charge in [-0.3, -0.25) is 4.79 Å². The number of ether oxygens (including phenoxy) is 2. The first kappa shape index (κ1) is 26.6. The van der Waals surface area contributed by atoms with Crippen molar-refractivity contribution in [2.24, 2.45) is 46.8 Å². The first-order valence-corrected chi connectivity index (χ1v) is 14.2. The van der Waals surface area contributed by atoms with Gasteiger partial charge in [-0.2, -0.15) is 0 Å². The molecule has 3 saturated carbocycles. The van der Waals surface area contributed by atoms with E-state index in [1.165, 1.54) is 24.0 Å². The number of hydrogen-bond acceptors (Lipinski definition) is 6. The molecule has 0 amide bonds. The number of aliphatic hydroxyl groups is 3. The highest BCUT2D eigenvalue weighted by Gasteiger charge is 2.54. The molecular weight excluding hydrogens is 456 g/mol. The summed E-state index contributed by atoms with van der Waals surface area (Å²) in [5, 5.41) is 30.4. The van der Waals surface area contributed by atoms with Crippen LogP contribution in [-0.2, 0) is 14.3 Å². The number of aldehydes is 1. The fourth-order valence-corrected chi connectivity index (χ4v) is 8.79. The largest absolute Gasteiger partial charge is 0.388 e. The summed E-state index contributed by atoms with van der Waals surface area (Å²) in [7, 11) is 0. The number of hydrogen-bond donors (Lipinski definition) is 3. The maximum atomic E-state index is 12.4. The van der Waals surface area contributed by atoms with Crippen LogP contribution in [0.1, 0.15) is 73.1 Å². The summed E-state index contributed by atoms with van der Waals surface area (Å²) in [5.41, 5.74) is 4.21. The van der Waals surface area contributed by atoms with Gasteiger partial charge >= 0.3 is 0 Å². The van der Waals surface area contributed by atoms with E-state index in [1.807, 2.05) is 0 Å². The second-order valence-corrected chi connectivity index (χ2v) is 13.2. The lowest BCUT2D eigenvalue weighted by Crippen LogP contribution is -2.54. The molecule has 5 rings (SSSR count). The number of rotatable bonds is 4. The molecule has 1 aliphatic heterocycles. The molecule has 4 fully saturated rings. The van der Waals surface area contributed by atoms with E-state index in [1.54, 1.807) is 0 Å². The Morgan fingerprint density at radius 2 is 1.92 bits per heavy atom. The van der Waals surface area contributed by atoms with Crippen molar-refractivity contribution in [3.63, 3.8) is 0 Å². The molecule has 6 nitrogen and oxygen atoms in total. The van der Waals surface area contributed by atoms with Crippen LogP contribution in [0, 0.1) is 46.8 Å². The van der Waals surface area contributed by atoms with Crippen LogP contribution in [0.3, 0.4) is 0 Å². The number of allylic oxidation sites excluding steroid dienone is 3. The molecule has 0 aromatic carbocycles. The van der Waals surface area contributed by atoms with Crippen LogP contribution in [0.4, 0.5) is 0 Å². The number of carbonyl (C=O) groups excluding carboxylic acids is 1. The minimum atomic E-state index is -1.28. The monoisotopic (exact) mass is 502 g/mol. The predicted octanol–water partition coefficient (Wildman–Crippen LogP) is 4.03. The van der Waals surface area contributed by atoms with Crippen LogP contribution < -0.4 is 0 Å². The molecule has 0 bridgehead atoms. The van der Waals surface area contributed by atoms with Crippen molar-refractivity contribution in [1.29, 1.82) is 0 Å². The highest BCUT2D eigenvalue weighted by atomic mass is 16.7. The Kier molecular flexibility index (Phi) is 7.32. The van der Waals surface area contributed by atoms with E-state index < -0.39 is 24.6 Å². The molecule has 1 heterocycles. The standard InChI is InChI=1S/C30H46O6/c1-15(2)19-8-9-30(5)12-23-18(13-31)6-7-20-17(4)26(11-22(20)16(3)21(23)10-24(19)30)36-29-28(34)27(33)25(32)14-35-29/h6,13,15,17,19-21,23-29,32-34H,7-12,14H2,1-5H3/b18-6-,22-16-/t17-,19-,20-,21+,23+,24-,25+,26-,27-,28+,29-,30+/m0/s1. The van der Waals surface area contributed by atoms with Gasteiger partial charge in [-0.25, -0.2) is 0 Å². The molecule has 0 aromatic heterocycles. The van der Waals surface area contributed by atoms with Crippen molar-refractivity contribution in [3.05, 3.63) is 22.8 Å². The van der Waals surface area contributed by atoms with E-state index in [0.717, 1.165) is 43.5 Å². The Hall–Kier alpha value is -1.05. The second kappa shape index (κ2) is 9.92. The van der Waals surface area contributed by atoms with Gasteiger partial charge in [0.2, 0.25) is 0 Å². The van der Waals surface area contributed by atoms with Gasteiger partial charge in [0.25, 0.3) is 0 Å². The average molecular weight is 503 g/mol. The van der Waals surface area contributed by atoms with Crippen molar-refractivity contribution in [2.45, 2.75) is 104 Å². The molecule has 36 heavy (non-hydrogen) atoms. The maximum Gasteiger partial charge on any atom is 0.186 e. The van der Waals surface area contributed by atoms with E-state index in [0.29, 0.717) is 35.0 Å². The normalized spacial score (nSPS) is 52.6. The van der Waals surface area contributed by atoms with Crippen molar-refractivity contribution in [3.8, 4) is 0 Å². The van der Waals surface area contributed by atoms with Gasteiger partial charge < -0.3 is 24.8 Å². The minimum Gasteiger partial charge on any atom is -0.388 e. The summed E-state index contributed by atoms with van der Waals surface area (Å²) >= 11 is 0. The molecule has 202 valence electrons. The van der Waals surface area contributed by atoms with Gasteiger partial charge in [0.05, 0.1) is 12.7 Å². The molecule has 0 radical (unpaired) electrons. The first-order chi connectivity index (χ1) is 17.1. The van der Waals surface area contributed by atoms with Crippen LogP contribution in [-0.4, -0.2) is 58.9 Å². The van der Waals surface area contributed by atoms with Gasteiger partial charge in [-0.1, -0.05) is 44.9 Å². The van der Waals surface area contributed by atoms with E-state index in [4.69, 9.17) is 9.47 Å². The summed E-state index contributed by atoms with van der Waals surface area (Å²) in [4.78, 5) is 12.4. The van der Waals surface area contributed by atoms with Gasteiger partial charge in [0, 0.05) is 0 Å². The van der Waals surface area contributed by atoms with Gasteiger partial charge in [0.1, 0.15) is 24.6 Å². The van der Waals surface area contributed by atoms with E-state index >= 15 is 0 Å². The van der Waals surface area contributed by atoms with E-state index in [2.05, 4.69) is 40.7 Å². The average Bonchev–Trinajstić information content (AvgIpc) is 3.34. The number of fused-ring (bicyclic) bond motifs is 3. The quantitative estimate of drug-likeness (QED) is 0.397. The molecule has 3 N–H and O–H groups in total. The molecule has 0 spiro atoms. The summed E-state index contributed by atoms with van der Waals surface area (Å²) < 4.78 is 11.8. The topological polar surface area (TPSA) is 96.2 Å². The molecule has 5 aliphatic rings. The first-order valence-electron chi connectivity index (χ1n) is 14.2. The fourth-order valence-electron chi connectivity index (χ4n) is 8.79.